The third kappa shape index (κ3) is 1.36. The van der Waals surface area contributed by atoms with Crippen molar-refractivity contribution >= 4 is 28.9 Å². The molecule has 0 saturated heterocycles. The number of hydrogen-bond acceptors (Lipinski definition) is 0. The topological polar surface area (TPSA) is 23.8 Å². The number of nitrogens with one attached hydrogen (secondary N) is 1. The maximum absolute atomic E-state index is 7.28. The lowest BCUT2D eigenvalue weighted by Crippen LogP contribution is -1.72. The molecule has 0 radical (unpaired) electrons. The van der Waals surface area contributed by atoms with Crippen LogP contribution in [0.1, 0.15) is 5.56 Å². The van der Waals surface area contributed by atoms with Gasteiger partial charge in [0.1, 0.15) is 0 Å². The van der Waals surface area contributed by atoms with Gasteiger partial charge < -0.3 is 5.73 Å². The van der Waals surface area contributed by atoms with E-state index in [1.165, 1.54) is 0 Å². The van der Waals surface area contributed by atoms with Crippen LogP contribution in [0.5, 0.6) is 0 Å². The van der Waals surface area contributed by atoms with Gasteiger partial charge in [-0.25, -0.2) is 0 Å². The van der Waals surface area contributed by atoms with Gasteiger partial charge in [0.05, 0.1) is 0 Å². The molecular formula is C7H6Cl2N-. The van der Waals surface area contributed by atoms with Crippen molar-refractivity contribution in [3.63, 3.8) is 0 Å². The second kappa shape index (κ2) is 2.69. The quantitative estimate of drug-likeness (QED) is 0.569. The molecular weight excluding hydrogens is 169 g/mol. The van der Waals surface area contributed by atoms with Crippen LogP contribution in [0.25, 0.3) is 5.73 Å². The zero-order valence-corrected chi connectivity index (χ0v) is 6.92. The minimum absolute atomic E-state index is 0.203. The van der Waals surface area contributed by atoms with Gasteiger partial charge >= 0.3 is 0 Å². The zero-order chi connectivity index (χ0) is 7.72. The first-order valence-electron chi connectivity index (χ1n) is 2.78. The fraction of sp³-hybridized carbons (Fsp3) is 0.143. The summed E-state index contributed by atoms with van der Waals surface area (Å²) in [6.07, 6.45) is 0. The van der Waals surface area contributed by atoms with Crippen molar-refractivity contribution in [2.45, 2.75) is 6.92 Å². The second-order valence-corrected chi connectivity index (χ2v) is 2.92. The Morgan fingerprint density at radius 3 is 2.00 bits per heavy atom. The summed E-state index contributed by atoms with van der Waals surface area (Å²) in [5, 5.41) is 0.815. The minimum Gasteiger partial charge on any atom is -0.696 e. The SMILES string of the molecule is Cc1cc(Cl)c([NH-])c(Cl)c1. The smallest absolute Gasteiger partial charge is 0.0272 e. The Hall–Kier alpha value is -0.400. The third-order valence-electron chi connectivity index (χ3n) is 1.19. The summed E-state index contributed by atoms with van der Waals surface area (Å²) in [4.78, 5) is 0. The largest absolute Gasteiger partial charge is 0.696 e. The molecule has 3 heteroatoms. The van der Waals surface area contributed by atoms with Gasteiger partial charge in [0.25, 0.3) is 0 Å². The molecule has 0 aromatic heterocycles. The molecule has 0 heterocycles. The van der Waals surface area contributed by atoms with Gasteiger partial charge in [-0.05, 0) is 24.6 Å². The van der Waals surface area contributed by atoms with E-state index >= 15 is 0 Å². The lowest BCUT2D eigenvalue weighted by atomic mass is 10.2. The fourth-order valence-corrected chi connectivity index (χ4v) is 1.30. The summed E-state index contributed by atoms with van der Waals surface area (Å²) in [6, 6.07) is 3.44. The predicted molar refractivity (Wildman–Crippen MR) is 45.2 cm³/mol. The van der Waals surface area contributed by atoms with Crippen molar-refractivity contribution in [1.82, 2.24) is 0 Å². The van der Waals surface area contributed by atoms with E-state index < -0.39 is 0 Å². The lowest BCUT2D eigenvalue weighted by Gasteiger charge is -2.09. The third-order valence-corrected chi connectivity index (χ3v) is 1.78. The second-order valence-electron chi connectivity index (χ2n) is 2.10. The number of aryl methyl sites for hydroxylation is 1. The van der Waals surface area contributed by atoms with Crippen molar-refractivity contribution < 1.29 is 0 Å². The summed E-state index contributed by atoms with van der Waals surface area (Å²) in [6.45, 7) is 1.89. The molecule has 54 valence electrons. The van der Waals surface area contributed by atoms with Gasteiger partial charge in [-0.3, -0.25) is 0 Å². The molecule has 0 amide bonds. The van der Waals surface area contributed by atoms with E-state index in [2.05, 4.69) is 0 Å². The van der Waals surface area contributed by atoms with Gasteiger partial charge in [0.2, 0.25) is 0 Å². The summed E-state index contributed by atoms with van der Waals surface area (Å²) in [5.41, 5.74) is 8.46. The number of benzene rings is 1. The maximum Gasteiger partial charge on any atom is 0.0272 e. The van der Waals surface area contributed by atoms with Crippen molar-refractivity contribution in [3.8, 4) is 0 Å². The first-order chi connectivity index (χ1) is 4.61. The van der Waals surface area contributed by atoms with E-state index in [9.17, 15) is 0 Å². The van der Waals surface area contributed by atoms with Crippen LogP contribution in [-0.4, -0.2) is 0 Å². The molecule has 1 rings (SSSR count). The van der Waals surface area contributed by atoms with Crippen LogP contribution in [0.15, 0.2) is 12.1 Å². The maximum atomic E-state index is 7.28. The lowest BCUT2D eigenvalue weighted by molar-refractivity contribution is 1.48. The van der Waals surface area contributed by atoms with Crippen LogP contribution in [0, 0.1) is 6.92 Å². The van der Waals surface area contributed by atoms with E-state index in [1.54, 1.807) is 12.1 Å². The van der Waals surface area contributed by atoms with E-state index in [4.69, 9.17) is 28.9 Å². The van der Waals surface area contributed by atoms with E-state index in [1.807, 2.05) is 6.92 Å². The zero-order valence-electron chi connectivity index (χ0n) is 5.41. The van der Waals surface area contributed by atoms with Crippen molar-refractivity contribution in [1.29, 1.82) is 0 Å². The molecule has 0 unspecified atom stereocenters. The first kappa shape index (κ1) is 7.70. The van der Waals surface area contributed by atoms with E-state index in [0.29, 0.717) is 10.0 Å². The van der Waals surface area contributed by atoms with Crippen molar-refractivity contribution in [3.05, 3.63) is 33.5 Å². The molecule has 1 N–H and O–H groups in total. The van der Waals surface area contributed by atoms with Crippen LogP contribution in [-0.2, 0) is 0 Å². The molecule has 1 aromatic rings. The highest BCUT2D eigenvalue weighted by molar-refractivity contribution is 6.39. The molecule has 0 spiro atoms. The summed E-state index contributed by atoms with van der Waals surface area (Å²) >= 11 is 11.3. The molecule has 0 aliphatic rings. The van der Waals surface area contributed by atoms with Crippen molar-refractivity contribution in [2.75, 3.05) is 0 Å². The monoisotopic (exact) mass is 174 g/mol. The van der Waals surface area contributed by atoms with Crippen LogP contribution >= 0.6 is 23.2 Å². The molecule has 0 atom stereocenters. The van der Waals surface area contributed by atoms with Gasteiger partial charge in [0, 0.05) is 10.0 Å². The molecule has 0 aliphatic carbocycles. The number of rotatable bonds is 0. The molecule has 0 bridgehead atoms. The van der Waals surface area contributed by atoms with Crippen LogP contribution in [0.3, 0.4) is 0 Å². The van der Waals surface area contributed by atoms with Gasteiger partial charge in [-0.15, -0.1) is 5.69 Å². The van der Waals surface area contributed by atoms with E-state index in [0.717, 1.165) is 5.56 Å². The number of hydrogen-bond donors (Lipinski definition) is 0. The van der Waals surface area contributed by atoms with E-state index in [-0.39, 0.29) is 5.69 Å². The Balaban J connectivity index is 3.31. The first-order valence-corrected chi connectivity index (χ1v) is 3.54. The Labute approximate surface area is 69.7 Å². The standard InChI is InChI=1S/C7H6Cl2N/c1-4-2-5(8)7(10)6(9)3-4/h2-3,10H,1H3/q-1. The summed E-state index contributed by atoms with van der Waals surface area (Å²) in [5.74, 6) is 0. The Bertz CT molecular complexity index is 235. The predicted octanol–water partition coefficient (Wildman–Crippen LogP) is 3.99. The summed E-state index contributed by atoms with van der Waals surface area (Å²) in [7, 11) is 0. The molecule has 10 heavy (non-hydrogen) atoms. The molecule has 0 saturated carbocycles. The normalized spacial score (nSPS) is 9.90. The average Bonchev–Trinajstić information content (AvgIpc) is 1.82. The van der Waals surface area contributed by atoms with Gasteiger partial charge in [-0.2, -0.15) is 0 Å². The van der Waals surface area contributed by atoms with Crippen LogP contribution in [0.4, 0.5) is 5.69 Å². The molecule has 0 fully saturated rings. The van der Waals surface area contributed by atoms with Gasteiger partial charge in [0.15, 0.2) is 0 Å². The highest BCUT2D eigenvalue weighted by atomic mass is 35.5. The molecule has 0 aliphatic heterocycles. The average molecular weight is 175 g/mol. The minimum atomic E-state index is 0.203. The van der Waals surface area contributed by atoms with Crippen molar-refractivity contribution in [2.24, 2.45) is 0 Å². The van der Waals surface area contributed by atoms with Crippen LogP contribution < -0.4 is 0 Å². The van der Waals surface area contributed by atoms with Gasteiger partial charge in [-0.1, -0.05) is 23.2 Å². The Morgan fingerprint density at radius 2 is 1.60 bits per heavy atom. The Kier molecular flexibility index (Phi) is 2.07. The molecule has 1 nitrogen and oxygen atoms in total. The van der Waals surface area contributed by atoms with Crippen LogP contribution in [0.2, 0.25) is 10.0 Å². The molecule has 1 aromatic carbocycles. The highest BCUT2D eigenvalue weighted by Crippen LogP contribution is 2.32. The fourth-order valence-electron chi connectivity index (χ4n) is 0.700. The Morgan fingerprint density at radius 1 is 1.20 bits per heavy atom. The highest BCUT2D eigenvalue weighted by Gasteiger charge is 1.94. The summed E-state index contributed by atoms with van der Waals surface area (Å²) < 4.78 is 0. The number of halogens is 2.